The van der Waals surface area contributed by atoms with Crippen molar-refractivity contribution >= 4 is 29.8 Å². The zero-order valence-electron chi connectivity index (χ0n) is 16.5. The average Bonchev–Trinajstić information content (AvgIpc) is 2.34. The zero-order chi connectivity index (χ0) is 18.8. The van der Waals surface area contributed by atoms with Crippen LogP contribution in [-0.2, 0) is 24.0 Å². The first-order valence-electron chi connectivity index (χ1n) is 5.81. The summed E-state index contributed by atoms with van der Waals surface area (Å²) in [6.45, 7) is 0. The molecule has 0 aliphatic heterocycles. The van der Waals surface area contributed by atoms with Crippen LogP contribution < -0.4 is 179 Å². The predicted octanol–water partition coefficient (Wildman–Crippen LogP) is -23.6. The maximum atomic E-state index is 10.1. The van der Waals surface area contributed by atoms with Crippen LogP contribution in [0, 0.1) is 0 Å². The molecular formula is C11H12NNa5O11. The van der Waals surface area contributed by atoms with Gasteiger partial charge in [0.1, 0.15) is 5.60 Å². The average molecular weight is 449 g/mol. The van der Waals surface area contributed by atoms with Gasteiger partial charge >= 0.3 is 148 Å². The zero-order valence-corrected chi connectivity index (χ0v) is 26.5. The third-order valence-electron chi connectivity index (χ3n) is 2.22. The van der Waals surface area contributed by atoms with E-state index in [1.807, 2.05) is 0 Å². The minimum absolute atomic E-state index is 0. The first-order chi connectivity index (χ1) is 10.3. The summed E-state index contributed by atoms with van der Waals surface area (Å²) in [6.07, 6.45) is -3.22. The van der Waals surface area contributed by atoms with Crippen LogP contribution in [0.5, 0.6) is 0 Å². The number of carboxylic acids is 5. The Morgan fingerprint density at radius 3 is 1.25 bits per heavy atom. The van der Waals surface area contributed by atoms with Crippen molar-refractivity contribution in [2.45, 2.75) is 37.3 Å². The molecule has 1 unspecified atom stereocenters. The standard InChI is InChI=1S/C6H8O7.C5H9NO4.5Na/c7-3(8)1-6(13,5(11)12)2-4(9)10;6-3(5(9)10)1-2-4(7)8;;;;;/h13H,1-2H2,(H,7,8)(H,9,10)(H,11,12);3H,1-2,6H2,(H,7,8)(H,9,10);;;;;/q;;5*+1/p-5. The van der Waals surface area contributed by atoms with Gasteiger partial charge in [0.15, 0.2) is 0 Å². The number of carbonyl (C=O) groups excluding carboxylic acids is 5. The number of hydrogen-bond donors (Lipinski definition) is 2. The largest absolute Gasteiger partial charge is 1.00 e. The minimum atomic E-state index is -2.97. The van der Waals surface area contributed by atoms with Crippen molar-refractivity contribution in [1.82, 2.24) is 0 Å². The molecule has 0 aliphatic carbocycles. The molecule has 0 aromatic heterocycles. The number of aliphatic hydroxyl groups is 1. The van der Waals surface area contributed by atoms with Gasteiger partial charge in [-0.25, -0.2) is 0 Å². The molecule has 3 N–H and O–H groups in total. The van der Waals surface area contributed by atoms with Crippen molar-refractivity contribution in [2.24, 2.45) is 5.73 Å². The van der Waals surface area contributed by atoms with Crippen molar-refractivity contribution in [2.75, 3.05) is 0 Å². The van der Waals surface area contributed by atoms with Gasteiger partial charge in [-0.3, -0.25) is 0 Å². The third-order valence-corrected chi connectivity index (χ3v) is 2.22. The van der Waals surface area contributed by atoms with E-state index in [1.54, 1.807) is 0 Å². The van der Waals surface area contributed by atoms with Crippen LogP contribution in [-0.4, -0.2) is 46.6 Å². The summed E-state index contributed by atoms with van der Waals surface area (Å²) in [7, 11) is 0. The molecule has 17 heteroatoms. The van der Waals surface area contributed by atoms with Crippen LogP contribution in [0.25, 0.3) is 0 Å². The predicted molar refractivity (Wildman–Crippen MR) is 56.4 cm³/mol. The summed E-state index contributed by atoms with van der Waals surface area (Å²) in [6, 6.07) is -1.21. The summed E-state index contributed by atoms with van der Waals surface area (Å²) in [4.78, 5) is 49.6. The molecule has 0 saturated carbocycles. The van der Waals surface area contributed by atoms with Crippen molar-refractivity contribution in [3.63, 3.8) is 0 Å². The second kappa shape index (κ2) is 25.5. The Labute approximate surface area is 270 Å². The summed E-state index contributed by atoms with van der Waals surface area (Å²) >= 11 is 0. The number of rotatable bonds is 9. The fourth-order valence-corrected chi connectivity index (χ4v) is 1.08. The monoisotopic (exact) mass is 449 g/mol. The van der Waals surface area contributed by atoms with Crippen molar-refractivity contribution in [3.05, 3.63) is 0 Å². The Morgan fingerprint density at radius 2 is 1.07 bits per heavy atom. The van der Waals surface area contributed by atoms with Crippen LogP contribution >= 0.6 is 0 Å². The fourth-order valence-electron chi connectivity index (χ4n) is 1.08. The molecule has 0 spiro atoms. The summed E-state index contributed by atoms with van der Waals surface area (Å²) in [5.74, 6) is -8.74. The van der Waals surface area contributed by atoms with Gasteiger partial charge in [0.05, 0.1) is 11.9 Å². The minimum Gasteiger partial charge on any atom is -0.550 e. The quantitative estimate of drug-likeness (QED) is 0.311. The summed E-state index contributed by atoms with van der Waals surface area (Å²) in [5, 5.41) is 58.5. The van der Waals surface area contributed by atoms with Crippen LogP contribution in [0.1, 0.15) is 25.7 Å². The van der Waals surface area contributed by atoms with Crippen molar-refractivity contribution in [3.8, 4) is 0 Å². The molecule has 0 bridgehead atoms. The third kappa shape index (κ3) is 28.3. The second-order valence-corrected chi connectivity index (χ2v) is 4.25. The van der Waals surface area contributed by atoms with Gasteiger partial charge < -0.3 is 60.3 Å². The van der Waals surface area contributed by atoms with E-state index in [-0.39, 0.29) is 161 Å². The van der Waals surface area contributed by atoms with Gasteiger partial charge in [0.2, 0.25) is 0 Å². The molecule has 0 aromatic carbocycles. The van der Waals surface area contributed by atoms with E-state index in [1.165, 1.54) is 0 Å². The Kier molecular flexibility index (Phi) is 43.7. The van der Waals surface area contributed by atoms with Gasteiger partial charge in [-0.05, 0) is 12.8 Å². The molecule has 28 heavy (non-hydrogen) atoms. The topological polar surface area (TPSA) is 247 Å². The van der Waals surface area contributed by atoms with E-state index in [2.05, 4.69) is 0 Å². The number of hydrogen-bond acceptors (Lipinski definition) is 12. The van der Waals surface area contributed by atoms with Crippen molar-refractivity contribution < 1.29 is 202 Å². The Morgan fingerprint density at radius 1 is 0.750 bits per heavy atom. The van der Waals surface area contributed by atoms with E-state index in [4.69, 9.17) is 10.8 Å². The van der Waals surface area contributed by atoms with Crippen molar-refractivity contribution in [1.29, 1.82) is 0 Å². The fraction of sp³-hybridized carbons (Fsp3) is 0.545. The number of aliphatic carboxylic acids is 5. The van der Waals surface area contributed by atoms with E-state index in [0.717, 1.165) is 0 Å². The van der Waals surface area contributed by atoms with Crippen LogP contribution in [0.15, 0.2) is 0 Å². The van der Waals surface area contributed by atoms with Gasteiger partial charge in [-0.15, -0.1) is 0 Å². The molecular weight excluding hydrogens is 437 g/mol. The molecule has 1 atom stereocenters. The first-order valence-corrected chi connectivity index (χ1v) is 5.81. The van der Waals surface area contributed by atoms with E-state index < -0.39 is 54.3 Å². The number of nitrogens with two attached hydrogens (primary N) is 1. The summed E-state index contributed by atoms with van der Waals surface area (Å²) < 4.78 is 0. The molecule has 0 heterocycles. The van der Waals surface area contributed by atoms with E-state index in [9.17, 15) is 49.5 Å². The van der Waals surface area contributed by atoms with E-state index >= 15 is 0 Å². The number of carbonyl (C=O) groups is 5. The molecule has 0 fully saturated rings. The maximum Gasteiger partial charge on any atom is 1.00 e. The van der Waals surface area contributed by atoms with Gasteiger partial charge in [0.25, 0.3) is 0 Å². The Bertz CT molecular complexity index is 476. The summed E-state index contributed by atoms with van der Waals surface area (Å²) in [5.41, 5.74) is 1.94. The molecule has 0 saturated heterocycles. The first kappa shape index (κ1) is 47.9. The van der Waals surface area contributed by atoms with Crippen LogP contribution in [0.3, 0.4) is 0 Å². The van der Waals surface area contributed by atoms with Gasteiger partial charge in [-0.1, -0.05) is 0 Å². The van der Waals surface area contributed by atoms with Gasteiger partial charge in [0, 0.05) is 36.8 Å². The molecule has 0 aliphatic rings. The second-order valence-electron chi connectivity index (χ2n) is 4.25. The molecule has 0 aromatic rings. The molecule has 0 amide bonds. The Hall–Kier alpha value is 2.27. The van der Waals surface area contributed by atoms with Crippen LogP contribution in [0.4, 0.5) is 0 Å². The maximum absolute atomic E-state index is 10.1. The van der Waals surface area contributed by atoms with Gasteiger partial charge in [-0.2, -0.15) is 0 Å². The molecule has 0 rings (SSSR count). The normalized spacial score (nSPS) is 9.50. The molecule has 132 valence electrons. The van der Waals surface area contributed by atoms with E-state index in [0.29, 0.717) is 0 Å². The van der Waals surface area contributed by atoms with Crippen LogP contribution in [0.2, 0.25) is 0 Å². The SMILES string of the molecule is NC(CCC(=O)[O-])C(=O)[O-].O=C([O-])CC(O)(CC(=O)[O-])C(=O)[O-].[Na+].[Na+].[Na+].[Na+].[Na+]. The Balaban J connectivity index is -0.0000000546. The molecule has 12 nitrogen and oxygen atoms in total. The smallest absolute Gasteiger partial charge is 0.550 e. The molecule has 0 radical (unpaired) electrons. The number of carboxylic acid groups (broad SMARTS) is 5.